The second-order valence-electron chi connectivity index (χ2n) is 4.89. The van der Waals surface area contributed by atoms with Gasteiger partial charge < -0.3 is 10.0 Å². The van der Waals surface area contributed by atoms with Gasteiger partial charge in [0.2, 0.25) is 5.91 Å². The highest BCUT2D eigenvalue weighted by atomic mass is 32.1. The highest BCUT2D eigenvalue weighted by Gasteiger charge is 2.23. The molecule has 1 amide bonds. The molecule has 1 aromatic heterocycles. The number of carbonyl (C=O) groups is 2. The highest BCUT2D eigenvalue weighted by Crippen LogP contribution is 2.14. The van der Waals surface area contributed by atoms with Crippen LogP contribution in [-0.4, -0.2) is 53.0 Å². The van der Waals surface area contributed by atoms with Crippen molar-refractivity contribution >= 4 is 23.2 Å². The lowest BCUT2D eigenvalue weighted by Crippen LogP contribution is -2.45. The average molecular weight is 310 g/mol. The van der Waals surface area contributed by atoms with Gasteiger partial charge in [-0.2, -0.15) is 0 Å². The number of likely N-dealkylation sites (N-methyl/N-ethyl adjacent to an activating group) is 1. The molecule has 0 radical (unpaired) electrons. The molecular weight excluding hydrogens is 288 g/mol. The number of hydrogen-bond acceptors (Lipinski definition) is 4. The summed E-state index contributed by atoms with van der Waals surface area (Å²) in [6, 6.07) is 3.59. The summed E-state index contributed by atoms with van der Waals surface area (Å²) in [5.74, 6) is -0.876. The van der Waals surface area contributed by atoms with Gasteiger partial charge >= 0.3 is 5.97 Å². The molecule has 0 saturated heterocycles. The predicted octanol–water partition coefficient (Wildman–Crippen LogP) is 2.06. The lowest BCUT2D eigenvalue weighted by atomic mass is 10.2. The molecule has 0 saturated carbocycles. The van der Waals surface area contributed by atoms with Gasteiger partial charge in [-0.1, -0.05) is 12.1 Å². The van der Waals surface area contributed by atoms with Crippen molar-refractivity contribution in [3.63, 3.8) is 0 Å². The number of nitrogens with zero attached hydrogens (tertiary/aromatic N) is 2. The van der Waals surface area contributed by atoms with E-state index in [0.717, 1.165) is 4.88 Å². The molecule has 21 heavy (non-hydrogen) atoms. The molecule has 1 heterocycles. The molecule has 0 bridgehead atoms. The lowest BCUT2D eigenvalue weighted by Gasteiger charge is -2.29. The summed E-state index contributed by atoms with van der Waals surface area (Å²) in [6.07, 6.45) is 1.73. The summed E-state index contributed by atoms with van der Waals surface area (Å²) in [5.41, 5.74) is 0. The number of amides is 1. The first-order chi connectivity index (χ1) is 9.95. The number of carboxylic acid groups (broad SMARTS) is 1. The van der Waals surface area contributed by atoms with Gasteiger partial charge in [-0.25, -0.2) is 0 Å². The normalized spacial score (nSPS) is 12.1. The van der Waals surface area contributed by atoms with Crippen LogP contribution in [0, 0.1) is 0 Å². The number of carboxylic acids is 1. The summed E-state index contributed by atoms with van der Waals surface area (Å²) in [6.45, 7) is 6.88. The predicted molar refractivity (Wildman–Crippen MR) is 84.3 cm³/mol. The molecule has 0 aliphatic heterocycles. The topological polar surface area (TPSA) is 60.9 Å². The lowest BCUT2D eigenvalue weighted by molar-refractivity contribution is -0.140. The van der Waals surface area contributed by atoms with Gasteiger partial charge in [0.1, 0.15) is 0 Å². The minimum atomic E-state index is -0.858. The Labute approximate surface area is 129 Å². The minimum absolute atomic E-state index is 0.0174. The fraction of sp³-hybridized carbons (Fsp3) is 0.467. The van der Waals surface area contributed by atoms with Crippen LogP contribution in [0.25, 0.3) is 0 Å². The molecule has 5 nitrogen and oxygen atoms in total. The summed E-state index contributed by atoms with van der Waals surface area (Å²) in [4.78, 5) is 27.8. The molecule has 1 aromatic rings. The molecule has 1 N–H and O–H groups in total. The van der Waals surface area contributed by atoms with Gasteiger partial charge in [0, 0.05) is 18.0 Å². The molecule has 0 spiro atoms. The van der Waals surface area contributed by atoms with Crippen molar-refractivity contribution in [3.05, 3.63) is 35.0 Å². The first-order valence-electron chi connectivity index (χ1n) is 6.79. The molecule has 1 atom stereocenters. The van der Waals surface area contributed by atoms with Gasteiger partial charge in [-0.3, -0.25) is 14.5 Å². The Morgan fingerprint density at radius 2 is 2.24 bits per heavy atom. The zero-order valence-corrected chi connectivity index (χ0v) is 13.3. The van der Waals surface area contributed by atoms with E-state index in [1.165, 1.54) is 0 Å². The number of thiophene rings is 1. The second kappa shape index (κ2) is 8.59. The van der Waals surface area contributed by atoms with E-state index in [9.17, 15) is 9.59 Å². The Hall–Kier alpha value is -1.66. The van der Waals surface area contributed by atoms with Crippen molar-refractivity contribution < 1.29 is 14.7 Å². The van der Waals surface area contributed by atoms with E-state index >= 15 is 0 Å². The van der Waals surface area contributed by atoms with Crippen molar-refractivity contribution in [2.75, 3.05) is 20.1 Å². The average Bonchev–Trinajstić information content (AvgIpc) is 2.95. The van der Waals surface area contributed by atoms with Crippen LogP contribution in [0.4, 0.5) is 0 Å². The van der Waals surface area contributed by atoms with E-state index in [2.05, 4.69) is 6.58 Å². The molecule has 6 heteroatoms. The summed E-state index contributed by atoms with van der Waals surface area (Å²) >= 11 is 1.61. The van der Waals surface area contributed by atoms with Gasteiger partial charge in [0.05, 0.1) is 19.0 Å². The van der Waals surface area contributed by atoms with Gasteiger partial charge in [0.25, 0.3) is 0 Å². The first-order valence-corrected chi connectivity index (χ1v) is 7.67. The van der Waals surface area contributed by atoms with E-state index in [1.54, 1.807) is 41.2 Å². The summed E-state index contributed by atoms with van der Waals surface area (Å²) in [5, 5.41) is 10.7. The van der Waals surface area contributed by atoms with E-state index in [-0.39, 0.29) is 18.4 Å². The Balaban J connectivity index is 2.65. The SMILES string of the molecule is C=CCN(Cc1cccs1)C(=O)C(C)N(C)CCC(=O)O. The maximum Gasteiger partial charge on any atom is 0.304 e. The molecule has 0 fully saturated rings. The molecule has 0 aliphatic carbocycles. The molecule has 116 valence electrons. The summed E-state index contributed by atoms with van der Waals surface area (Å²) in [7, 11) is 1.77. The van der Waals surface area contributed by atoms with Crippen LogP contribution in [-0.2, 0) is 16.1 Å². The van der Waals surface area contributed by atoms with Crippen LogP contribution in [0.15, 0.2) is 30.2 Å². The smallest absolute Gasteiger partial charge is 0.304 e. The fourth-order valence-electron chi connectivity index (χ4n) is 1.90. The maximum atomic E-state index is 12.5. The van der Waals surface area contributed by atoms with Crippen LogP contribution >= 0.6 is 11.3 Å². The molecule has 0 aromatic carbocycles. The Bertz CT molecular complexity index is 473. The van der Waals surface area contributed by atoms with Crippen LogP contribution in [0.1, 0.15) is 18.2 Å². The third-order valence-corrected chi connectivity index (χ3v) is 4.15. The zero-order valence-electron chi connectivity index (χ0n) is 12.5. The standard InChI is InChI=1S/C15H22N2O3S/c1-4-8-17(11-13-6-5-10-21-13)15(20)12(2)16(3)9-7-14(18)19/h4-6,10,12H,1,7-9,11H2,2-3H3,(H,18,19). The summed E-state index contributed by atoms with van der Waals surface area (Å²) < 4.78 is 0. The fourth-order valence-corrected chi connectivity index (χ4v) is 2.62. The van der Waals surface area contributed by atoms with Crippen molar-refractivity contribution in [2.24, 2.45) is 0 Å². The monoisotopic (exact) mass is 310 g/mol. The van der Waals surface area contributed by atoms with Crippen molar-refractivity contribution in [1.82, 2.24) is 9.80 Å². The van der Waals surface area contributed by atoms with E-state index in [4.69, 9.17) is 5.11 Å². The Kier molecular flexibility index (Phi) is 7.11. The van der Waals surface area contributed by atoms with Crippen molar-refractivity contribution in [2.45, 2.75) is 25.9 Å². The van der Waals surface area contributed by atoms with Gasteiger partial charge in [0.15, 0.2) is 0 Å². The number of carbonyl (C=O) groups excluding carboxylic acids is 1. The largest absolute Gasteiger partial charge is 0.481 e. The number of hydrogen-bond donors (Lipinski definition) is 1. The minimum Gasteiger partial charge on any atom is -0.481 e. The van der Waals surface area contributed by atoms with Crippen LogP contribution in [0.2, 0.25) is 0 Å². The third-order valence-electron chi connectivity index (χ3n) is 3.28. The molecular formula is C15H22N2O3S. The molecule has 0 aliphatic rings. The van der Waals surface area contributed by atoms with Crippen LogP contribution in [0.3, 0.4) is 0 Å². The van der Waals surface area contributed by atoms with Crippen LogP contribution < -0.4 is 0 Å². The quantitative estimate of drug-likeness (QED) is 0.709. The third kappa shape index (κ3) is 5.69. The van der Waals surface area contributed by atoms with Crippen LogP contribution in [0.5, 0.6) is 0 Å². The maximum absolute atomic E-state index is 12.5. The van der Waals surface area contributed by atoms with Crippen molar-refractivity contribution in [1.29, 1.82) is 0 Å². The Morgan fingerprint density at radius 3 is 2.76 bits per heavy atom. The zero-order chi connectivity index (χ0) is 15.8. The van der Waals surface area contributed by atoms with Gasteiger partial charge in [-0.15, -0.1) is 17.9 Å². The molecule has 1 unspecified atom stereocenters. The van der Waals surface area contributed by atoms with E-state index < -0.39 is 5.97 Å². The van der Waals surface area contributed by atoms with E-state index in [1.807, 2.05) is 17.5 Å². The first kappa shape index (κ1) is 17.4. The number of rotatable bonds is 9. The van der Waals surface area contributed by atoms with Crippen molar-refractivity contribution in [3.8, 4) is 0 Å². The molecule has 1 rings (SSSR count). The number of aliphatic carboxylic acids is 1. The Morgan fingerprint density at radius 1 is 1.52 bits per heavy atom. The second-order valence-corrected chi connectivity index (χ2v) is 5.92. The van der Waals surface area contributed by atoms with Gasteiger partial charge in [-0.05, 0) is 25.4 Å². The highest BCUT2D eigenvalue weighted by molar-refractivity contribution is 7.09. The van der Waals surface area contributed by atoms with E-state index in [0.29, 0.717) is 19.6 Å².